The van der Waals surface area contributed by atoms with Crippen LogP contribution in [-0.4, -0.2) is 38.9 Å². The van der Waals surface area contributed by atoms with Crippen LogP contribution >= 0.6 is 0 Å². The summed E-state index contributed by atoms with van der Waals surface area (Å²) in [7, 11) is 1.45. The number of carbonyl (C=O) groups excluding carboxylic acids is 1. The minimum Gasteiger partial charge on any atom is -0.468 e. The first-order chi connectivity index (χ1) is 7.14. The lowest BCUT2D eigenvalue weighted by Crippen LogP contribution is -2.51. The third kappa shape index (κ3) is 2.49. The predicted octanol–water partition coefficient (Wildman–Crippen LogP) is 0.564. The normalized spacial score (nSPS) is 25.5. The number of hydrogen-bond donors (Lipinski definition) is 1. The average Bonchev–Trinajstić information content (AvgIpc) is 2.99. The van der Waals surface area contributed by atoms with Gasteiger partial charge in [0.1, 0.15) is 6.04 Å². The molecule has 1 heterocycles. The fourth-order valence-corrected chi connectivity index (χ4v) is 1.91. The summed E-state index contributed by atoms with van der Waals surface area (Å²) in [5, 5.41) is 3.32. The molecular formula is C11H19NO3. The summed E-state index contributed by atoms with van der Waals surface area (Å²) in [5.74, 6) is 0.364. The van der Waals surface area contributed by atoms with Crippen molar-refractivity contribution in [2.24, 2.45) is 11.3 Å². The molecule has 0 amide bonds. The van der Waals surface area contributed by atoms with Crippen LogP contribution in [0.25, 0.3) is 0 Å². The Balaban J connectivity index is 1.81. The summed E-state index contributed by atoms with van der Waals surface area (Å²) in [4.78, 5) is 11.5. The molecule has 0 aromatic rings. The van der Waals surface area contributed by atoms with Crippen molar-refractivity contribution in [3.63, 3.8) is 0 Å². The van der Waals surface area contributed by atoms with Crippen molar-refractivity contribution in [1.29, 1.82) is 0 Å². The van der Waals surface area contributed by atoms with Gasteiger partial charge in [0.2, 0.25) is 0 Å². The summed E-state index contributed by atoms with van der Waals surface area (Å²) in [5.41, 5.74) is 0.209. The third-order valence-corrected chi connectivity index (χ3v) is 3.20. The molecule has 1 N–H and O–H groups in total. The highest BCUT2D eigenvalue weighted by Gasteiger charge is 2.40. The summed E-state index contributed by atoms with van der Waals surface area (Å²) < 4.78 is 9.97. The van der Waals surface area contributed by atoms with Gasteiger partial charge in [-0.15, -0.1) is 0 Å². The number of esters is 1. The topological polar surface area (TPSA) is 47.6 Å². The highest BCUT2D eigenvalue weighted by molar-refractivity contribution is 5.76. The summed E-state index contributed by atoms with van der Waals surface area (Å²) in [6.07, 6.45) is 2.28. The van der Waals surface area contributed by atoms with E-state index in [1.165, 1.54) is 7.11 Å². The fourth-order valence-electron chi connectivity index (χ4n) is 1.91. The van der Waals surface area contributed by atoms with E-state index in [2.05, 4.69) is 12.2 Å². The van der Waals surface area contributed by atoms with E-state index in [0.29, 0.717) is 5.92 Å². The fraction of sp³-hybridized carbons (Fsp3) is 0.909. The molecule has 0 aromatic carbocycles. The number of methoxy groups -OCH3 is 1. The number of hydrogen-bond acceptors (Lipinski definition) is 4. The quantitative estimate of drug-likeness (QED) is 0.678. The van der Waals surface area contributed by atoms with Gasteiger partial charge in [-0.05, 0) is 18.8 Å². The zero-order valence-corrected chi connectivity index (χ0v) is 9.41. The van der Waals surface area contributed by atoms with Crippen LogP contribution in [0.15, 0.2) is 0 Å². The Labute approximate surface area is 90.3 Å². The van der Waals surface area contributed by atoms with Gasteiger partial charge >= 0.3 is 5.97 Å². The van der Waals surface area contributed by atoms with Gasteiger partial charge in [-0.1, -0.05) is 6.92 Å². The van der Waals surface area contributed by atoms with Gasteiger partial charge in [0.25, 0.3) is 0 Å². The molecule has 1 atom stereocenters. The zero-order chi connectivity index (χ0) is 10.9. The van der Waals surface area contributed by atoms with Crippen molar-refractivity contribution < 1.29 is 14.3 Å². The van der Waals surface area contributed by atoms with Gasteiger partial charge in [-0.3, -0.25) is 4.79 Å². The second-order valence-electron chi connectivity index (χ2n) is 5.02. The van der Waals surface area contributed by atoms with Crippen LogP contribution in [0.1, 0.15) is 19.8 Å². The number of carbonyl (C=O) groups is 1. The Morgan fingerprint density at radius 2 is 2.27 bits per heavy atom. The van der Waals surface area contributed by atoms with E-state index >= 15 is 0 Å². The standard InChI is InChI=1S/C11H19NO3/c1-11(6-15-7-11)5-12-9(8-3-4-8)10(13)14-2/h8-9,12H,3-7H2,1-2H3. The molecule has 1 unspecified atom stereocenters. The van der Waals surface area contributed by atoms with E-state index in [1.54, 1.807) is 0 Å². The van der Waals surface area contributed by atoms with E-state index in [4.69, 9.17) is 9.47 Å². The molecule has 2 aliphatic rings. The second-order valence-corrected chi connectivity index (χ2v) is 5.02. The zero-order valence-electron chi connectivity index (χ0n) is 9.41. The van der Waals surface area contributed by atoms with E-state index in [9.17, 15) is 4.79 Å². The molecule has 4 heteroatoms. The second kappa shape index (κ2) is 4.10. The molecule has 1 aliphatic carbocycles. The molecule has 1 aliphatic heterocycles. The predicted molar refractivity (Wildman–Crippen MR) is 55.5 cm³/mol. The smallest absolute Gasteiger partial charge is 0.323 e. The first-order valence-electron chi connectivity index (χ1n) is 5.54. The Morgan fingerprint density at radius 1 is 1.60 bits per heavy atom. The molecule has 1 saturated heterocycles. The number of ether oxygens (including phenoxy) is 2. The van der Waals surface area contributed by atoms with Crippen LogP contribution < -0.4 is 5.32 Å². The minimum absolute atomic E-state index is 0.104. The van der Waals surface area contributed by atoms with Crippen LogP contribution in [0.4, 0.5) is 0 Å². The monoisotopic (exact) mass is 213 g/mol. The highest BCUT2D eigenvalue weighted by atomic mass is 16.5. The molecule has 1 saturated carbocycles. The highest BCUT2D eigenvalue weighted by Crippen LogP contribution is 2.34. The Morgan fingerprint density at radius 3 is 2.67 bits per heavy atom. The molecule has 4 nitrogen and oxygen atoms in total. The van der Waals surface area contributed by atoms with Crippen molar-refractivity contribution in [3.05, 3.63) is 0 Å². The maximum absolute atomic E-state index is 11.5. The van der Waals surface area contributed by atoms with Crippen molar-refractivity contribution >= 4 is 5.97 Å². The minimum atomic E-state index is -0.124. The largest absolute Gasteiger partial charge is 0.468 e. The third-order valence-electron chi connectivity index (χ3n) is 3.20. The van der Waals surface area contributed by atoms with Crippen LogP contribution in [-0.2, 0) is 14.3 Å². The first kappa shape index (κ1) is 10.9. The van der Waals surface area contributed by atoms with Gasteiger partial charge in [0.05, 0.1) is 20.3 Å². The lowest BCUT2D eigenvalue weighted by atomic mass is 9.88. The van der Waals surface area contributed by atoms with Gasteiger partial charge < -0.3 is 14.8 Å². The SMILES string of the molecule is COC(=O)C(NCC1(C)COC1)C1CC1. The summed E-state index contributed by atoms with van der Waals surface area (Å²) >= 11 is 0. The van der Waals surface area contributed by atoms with Crippen LogP contribution in [0, 0.1) is 11.3 Å². The molecule has 86 valence electrons. The molecule has 15 heavy (non-hydrogen) atoms. The average molecular weight is 213 g/mol. The molecule has 0 aromatic heterocycles. The molecule has 2 fully saturated rings. The van der Waals surface area contributed by atoms with Gasteiger partial charge in [0.15, 0.2) is 0 Å². The number of nitrogens with one attached hydrogen (secondary N) is 1. The molecular weight excluding hydrogens is 194 g/mol. The molecule has 2 rings (SSSR count). The number of rotatable bonds is 5. The Hall–Kier alpha value is -0.610. The van der Waals surface area contributed by atoms with Crippen LogP contribution in [0.3, 0.4) is 0 Å². The van der Waals surface area contributed by atoms with E-state index < -0.39 is 0 Å². The molecule has 0 spiro atoms. The van der Waals surface area contributed by atoms with Crippen molar-refractivity contribution in [2.45, 2.75) is 25.8 Å². The molecule has 0 radical (unpaired) electrons. The summed E-state index contributed by atoms with van der Waals surface area (Å²) in [6, 6.07) is -0.104. The van der Waals surface area contributed by atoms with Crippen molar-refractivity contribution in [2.75, 3.05) is 26.9 Å². The first-order valence-corrected chi connectivity index (χ1v) is 5.54. The Kier molecular flexibility index (Phi) is 2.98. The summed E-state index contributed by atoms with van der Waals surface area (Å²) in [6.45, 7) is 4.59. The van der Waals surface area contributed by atoms with Crippen LogP contribution in [0.2, 0.25) is 0 Å². The van der Waals surface area contributed by atoms with E-state index in [1.807, 2.05) is 0 Å². The van der Waals surface area contributed by atoms with Gasteiger partial charge in [-0.25, -0.2) is 0 Å². The van der Waals surface area contributed by atoms with Crippen molar-refractivity contribution in [3.8, 4) is 0 Å². The maximum Gasteiger partial charge on any atom is 0.323 e. The van der Waals surface area contributed by atoms with E-state index in [-0.39, 0.29) is 17.4 Å². The lowest BCUT2D eigenvalue weighted by Gasteiger charge is -2.39. The lowest BCUT2D eigenvalue weighted by molar-refractivity contribution is -0.145. The van der Waals surface area contributed by atoms with Gasteiger partial charge in [0, 0.05) is 12.0 Å². The molecule has 0 bridgehead atoms. The van der Waals surface area contributed by atoms with Gasteiger partial charge in [-0.2, -0.15) is 0 Å². The van der Waals surface area contributed by atoms with Crippen molar-refractivity contribution in [1.82, 2.24) is 5.32 Å². The Bertz CT molecular complexity index is 246. The maximum atomic E-state index is 11.5. The van der Waals surface area contributed by atoms with Crippen LogP contribution in [0.5, 0.6) is 0 Å². The van der Waals surface area contributed by atoms with E-state index in [0.717, 1.165) is 32.6 Å².